The second-order valence-electron chi connectivity index (χ2n) is 9.23. The molecular formula is C27H32ClNO9. The predicted molar refractivity (Wildman–Crippen MR) is 137 cm³/mol. The zero-order valence-electron chi connectivity index (χ0n) is 21.4. The van der Waals surface area contributed by atoms with Crippen molar-refractivity contribution >= 4 is 23.5 Å². The van der Waals surface area contributed by atoms with Gasteiger partial charge in [-0.05, 0) is 48.6 Å². The SMILES string of the molecule is CCOC(=O)OC[C@@]12CO[C@@](c3ccc(Cl)c(Cc4ccc(/C(CC)=N/OC)cc4)c3)(O1)[C@H](O)[C@@H](O)[C@@H]2O. The first-order valence-electron chi connectivity index (χ1n) is 12.4. The van der Waals surface area contributed by atoms with Gasteiger partial charge in [0.15, 0.2) is 5.60 Å². The van der Waals surface area contributed by atoms with Crippen LogP contribution in [0.4, 0.5) is 4.79 Å². The summed E-state index contributed by atoms with van der Waals surface area (Å²) in [7, 11) is 1.51. The van der Waals surface area contributed by atoms with E-state index in [1.165, 1.54) is 7.11 Å². The molecule has 0 unspecified atom stereocenters. The summed E-state index contributed by atoms with van der Waals surface area (Å²) in [5, 5.41) is 36.9. The zero-order chi connectivity index (χ0) is 27.5. The first-order chi connectivity index (χ1) is 18.2. The molecule has 10 nitrogen and oxygen atoms in total. The van der Waals surface area contributed by atoms with Crippen molar-refractivity contribution in [2.75, 3.05) is 26.9 Å². The van der Waals surface area contributed by atoms with Crippen molar-refractivity contribution in [1.29, 1.82) is 0 Å². The van der Waals surface area contributed by atoms with E-state index in [2.05, 4.69) is 5.16 Å². The summed E-state index contributed by atoms with van der Waals surface area (Å²) in [4.78, 5) is 16.7. The average molecular weight is 550 g/mol. The highest BCUT2D eigenvalue weighted by Gasteiger charge is 2.67. The van der Waals surface area contributed by atoms with E-state index in [0.717, 1.165) is 28.8 Å². The van der Waals surface area contributed by atoms with Crippen molar-refractivity contribution in [1.82, 2.24) is 0 Å². The van der Waals surface area contributed by atoms with Crippen molar-refractivity contribution < 1.29 is 43.9 Å². The van der Waals surface area contributed by atoms with E-state index >= 15 is 0 Å². The number of nitrogens with zero attached hydrogens (tertiary/aromatic N) is 1. The fourth-order valence-electron chi connectivity index (χ4n) is 4.79. The van der Waals surface area contributed by atoms with E-state index in [9.17, 15) is 20.1 Å². The third kappa shape index (κ3) is 5.25. The number of carbonyl (C=O) groups is 1. The normalized spacial score (nSPS) is 28.7. The Labute approximate surface area is 225 Å². The van der Waals surface area contributed by atoms with Gasteiger partial charge in [-0.25, -0.2) is 4.79 Å². The number of aliphatic hydroxyl groups is 3. The second kappa shape index (κ2) is 11.6. The van der Waals surface area contributed by atoms with Gasteiger partial charge in [0.25, 0.3) is 0 Å². The van der Waals surface area contributed by atoms with Gasteiger partial charge < -0.3 is 39.1 Å². The molecule has 206 valence electrons. The second-order valence-corrected chi connectivity index (χ2v) is 9.64. The largest absolute Gasteiger partial charge is 0.508 e. The molecule has 0 amide bonds. The molecule has 2 heterocycles. The molecule has 2 aliphatic heterocycles. The maximum absolute atomic E-state index is 11.8. The van der Waals surface area contributed by atoms with Gasteiger partial charge in [-0.3, -0.25) is 0 Å². The number of ether oxygens (including phenoxy) is 4. The monoisotopic (exact) mass is 549 g/mol. The van der Waals surface area contributed by atoms with E-state index in [0.29, 0.717) is 17.0 Å². The molecule has 2 aromatic rings. The van der Waals surface area contributed by atoms with Crippen LogP contribution >= 0.6 is 11.6 Å². The lowest BCUT2D eigenvalue weighted by molar-refractivity contribution is -0.329. The zero-order valence-corrected chi connectivity index (χ0v) is 22.2. The predicted octanol–water partition coefficient (Wildman–Crippen LogP) is 2.90. The molecule has 2 fully saturated rings. The number of oxime groups is 1. The minimum atomic E-state index is -1.81. The maximum atomic E-state index is 11.8. The first-order valence-corrected chi connectivity index (χ1v) is 12.7. The molecular weight excluding hydrogens is 518 g/mol. The van der Waals surface area contributed by atoms with Gasteiger partial charge in [-0.15, -0.1) is 0 Å². The van der Waals surface area contributed by atoms with Crippen LogP contribution in [0.1, 0.15) is 42.5 Å². The lowest BCUT2D eigenvalue weighted by atomic mass is 9.83. The van der Waals surface area contributed by atoms with Gasteiger partial charge in [-0.1, -0.05) is 54.0 Å². The van der Waals surface area contributed by atoms with Gasteiger partial charge in [0.05, 0.1) is 18.9 Å². The molecule has 2 aliphatic rings. The molecule has 0 aromatic heterocycles. The Morgan fingerprint density at radius 3 is 2.50 bits per heavy atom. The number of hydrogen-bond acceptors (Lipinski definition) is 10. The van der Waals surface area contributed by atoms with Crippen LogP contribution in [0.15, 0.2) is 47.6 Å². The molecule has 5 atom stereocenters. The van der Waals surface area contributed by atoms with E-state index in [1.54, 1.807) is 25.1 Å². The fourth-order valence-corrected chi connectivity index (χ4v) is 4.98. The molecule has 0 radical (unpaired) electrons. The maximum Gasteiger partial charge on any atom is 0.508 e. The van der Waals surface area contributed by atoms with Crippen LogP contribution in [0.5, 0.6) is 0 Å². The van der Waals surface area contributed by atoms with Crippen LogP contribution in [0.25, 0.3) is 0 Å². The van der Waals surface area contributed by atoms with E-state index in [4.69, 9.17) is 35.4 Å². The Balaban J connectivity index is 1.60. The summed E-state index contributed by atoms with van der Waals surface area (Å²) in [5.74, 6) is -1.81. The number of aliphatic hydroxyl groups excluding tert-OH is 3. The summed E-state index contributed by atoms with van der Waals surface area (Å²) in [6.45, 7) is 3.03. The molecule has 0 aliphatic carbocycles. The highest BCUT2D eigenvalue weighted by atomic mass is 35.5. The third-order valence-electron chi connectivity index (χ3n) is 6.82. The fraction of sp³-hybridized carbons (Fsp3) is 0.481. The summed E-state index contributed by atoms with van der Waals surface area (Å²) < 4.78 is 21.9. The molecule has 2 saturated heterocycles. The minimum absolute atomic E-state index is 0.105. The van der Waals surface area contributed by atoms with Gasteiger partial charge in [-0.2, -0.15) is 0 Å². The molecule has 0 saturated carbocycles. The summed E-state index contributed by atoms with van der Waals surface area (Å²) in [5.41, 5.74) is 2.27. The summed E-state index contributed by atoms with van der Waals surface area (Å²) in [6.07, 6.45) is -4.61. The van der Waals surface area contributed by atoms with Gasteiger partial charge in [0.2, 0.25) is 5.79 Å². The lowest BCUT2D eigenvalue weighted by Gasteiger charge is -2.46. The van der Waals surface area contributed by atoms with Crippen LogP contribution in [0.3, 0.4) is 0 Å². The molecule has 38 heavy (non-hydrogen) atoms. The highest BCUT2D eigenvalue weighted by Crippen LogP contribution is 2.50. The number of rotatable bonds is 9. The minimum Gasteiger partial charge on any atom is -0.435 e. The molecule has 11 heteroatoms. The third-order valence-corrected chi connectivity index (χ3v) is 7.19. The van der Waals surface area contributed by atoms with Crippen molar-refractivity contribution in [2.24, 2.45) is 5.16 Å². The molecule has 2 aromatic carbocycles. The number of fused-ring (bicyclic) bond motifs is 2. The van der Waals surface area contributed by atoms with Gasteiger partial charge in [0.1, 0.15) is 32.0 Å². The van der Waals surface area contributed by atoms with E-state index in [1.807, 2.05) is 31.2 Å². The quantitative estimate of drug-likeness (QED) is 0.245. The summed E-state index contributed by atoms with van der Waals surface area (Å²) in [6, 6.07) is 12.9. The van der Waals surface area contributed by atoms with Gasteiger partial charge >= 0.3 is 6.16 Å². The van der Waals surface area contributed by atoms with Crippen LogP contribution in [-0.4, -0.2) is 78.0 Å². The Hall–Kier alpha value is -2.73. The lowest BCUT2D eigenvalue weighted by Crippen LogP contribution is -2.65. The Kier molecular flexibility index (Phi) is 8.61. The topological polar surface area (TPSA) is 136 Å². The van der Waals surface area contributed by atoms with Crippen molar-refractivity contribution in [3.05, 3.63) is 69.7 Å². The highest BCUT2D eigenvalue weighted by molar-refractivity contribution is 6.31. The Morgan fingerprint density at radius 2 is 1.84 bits per heavy atom. The number of benzene rings is 2. The van der Waals surface area contributed by atoms with Gasteiger partial charge in [0, 0.05) is 10.6 Å². The number of carbonyl (C=O) groups excluding carboxylic acids is 1. The van der Waals surface area contributed by atoms with Crippen LogP contribution in [-0.2, 0) is 36.0 Å². The summed E-state index contributed by atoms with van der Waals surface area (Å²) >= 11 is 6.52. The standard InChI is InChI=1S/C27H32ClNO9/c1-4-21(29-34-3)17-8-6-16(7-9-17)12-18-13-19(10-11-20(18)28)27-24(32)22(30)23(31)26(38-27,15-37-27)14-36-25(33)35-5-2/h6-11,13,22-24,30-32H,4-5,12,14-15H2,1-3H3/b29-21+/t22-,23-,24+,26-,27-/m0/s1. The van der Waals surface area contributed by atoms with E-state index in [-0.39, 0.29) is 13.2 Å². The van der Waals surface area contributed by atoms with Crippen molar-refractivity contribution in [3.63, 3.8) is 0 Å². The number of hydrogen-bond donors (Lipinski definition) is 3. The van der Waals surface area contributed by atoms with Crippen molar-refractivity contribution in [2.45, 2.75) is 56.4 Å². The molecule has 3 N–H and O–H groups in total. The van der Waals surface area contributed by atoms with Crippen LogP contribution in [0.2, 0.25) is 5.02 Å². The van der Waals surface area contributed by atoms with Crippen molar-refractivity contribution in [3.8, 4) is 0 Å². The average Bonchev–Trinajstić information content (AvgIpc) is 3.30. The Bertz CT molecular complexity index is 1170. The Morgan fingerprint density at radius 1 is 1.11 bits per heavy atom. The van der Waals surface area contributed by atoms with Crippen LogP contribution < -0.4 is 0 Å². The number of halogens is 1. The smallest absolute Gasteiger partial charge is 0.435 e. The molecule has 0 spiro atoms. The molecule has 2 bridgehead atoms. The first kappa shape index (κ1) is 28.3. The van der Waals surface area contributed by atoms with Crippen LogP contribution in [0, 0.1) is 0 Å². The molecule has 4 rings (SSSR count). The van der Waals surface area contributed by atoms with E-state index < -0.39 is 42.5 Å².